The number of hydrogen-bond acceptors (Lipinski definition) is 5. The van der Waals surface area contributed by atoms with Crippen molar-refractivity contribution in [2.24, 2.45) is 29.6 Å². The van der Waals surface area contributed by atoms with E-state index in [1.807, 2.05) is 13.8 Å². The second kappa shape index (κ2) is 9.57. The normalized spacial score (nSPS) is 44.9. The van der Waals surface area contributed by atoms with Crippen molar-refractivity contribution in [3.05, 3.63) is 0 Å². The predicted octanol–water partition coefficient (Wildman–Crippen LogP) is 5.80. The van der Waals surface area contributed by atoms with Gasteiger partial charge in [-0.15, -0.1) is 0 Å². The fourth-order valence-corrected chi connectivity index (χ4v) is 4.18. The molecule has 0 aromatic heterocycles. The highest BCUT2D eigenvalue weighted by Crippen LogP contribution is 2.41. The molecule has 5 nitrogen and oxygen atoms in total. The van der Waals surface area contributed by atoms with Crippen LogP contribution in [0.4, 0.5) is 0 Å². The summed E-state index contributed by atoms with van der Waals surface area (Å²) in [6, 6.07) is 0. The van der Waals surface area contributed by atoms with Crippen LogP contribution < -0.4 is 0 Å². The van der Waals surface area contributed by atoms with Crippen LogP contribution in [0.15, 0.2) is 0 Å². The zero-order valence-electron chi connectivity index (χ0n) is 17.7. The van der Waals surface area contributed by atoms with Gasteiger partial charge in [0.05, 0.1) is 18.3 Å². The summed E-state index contributed by atoms with van der Waals surface area (Å²) in [7, 11) is 0. The van der Waals surface area contributed by atoms with Crippen molar-refractivity contribution in [1.29, 1.82) is 5.41 Å². The molecule has 2 saturated heterocycles. The zero-order chi connectivity index (χ0) is 21.4. The van der Waals surface area contributed by atoms with E-state index in [1.165, 1.54) is 0 Å². The molecule has 2 rings (SSSR count). The summed E-state index contributed by atoms with van der Waals surface area (Å²) < 4.78 is 22.5. The van der Waals surface area contributed by atoms with Crippen LogP contribution in [0.25, 0.3) is 0 Å². The summed E-state index contributed by atoms with van der Waals surface area (Å²) in [5.74, 6) is 0.920. The van der Waals surface area contributed by atoms with Crippen molar-refractivity contribution >= 4 is 40.7 Å². The number of ether oxygens (including phenoxy) is 4. The zero-order valence-corrected chi connectivity index (χ0v) is 20.0. The van der Waals surface area contributed by atoms with E-state index < -0.39 is 16.0 Å². The van der Waals surface area contributed by atoms with E-state index >= 15 is 0 Å². The first-order valence-electron chi connectivity index (χ1n) is 10.2. The van der Waals surface area contributed by atoms with Gasteiger partial charge in [-0.2, -0.15) is 0 Å². The SMILES string of the molecule is CCC1OC(OC(=N)C(Cl)(Cl)Cl)C(C)[C@@H](C)[C@@H]1O[C@@H]1OC(C)[C@H](C)[C@@H](C)C1C. The number of halogens is 3. The van der Waals surface area contributed by atoms with Crippen LogP contribution in [-0.4, -0.2) is 40.6 Å². The van der Waals surface area contributed by atoms with E-state index in [0.29, 0.717) is 11.8 Å². The van der Waals surface area contributed by atoms with Crippen LogP contribution in [0.5, 0.6) is 0 Å². The van der Waals surface area contributed by atoms with E-state index in [4.69, 9.17) is 59.2 Å². The van der Waals surface area contributed by atoms with Gasteiger partial charge in [0.1, 0.15) is 0 Å². The smallest absolute Gasteiger partial charge is 0.265 e. The monoisotopic (exact) mass is 457 g/mol. The maximum atomic E-state index is 7.85. The maximum absolute atomic E-state index is 7.85. The molecule has 0 radical (unpaired) electrons. The van der Waals surface area contributed by atoms with Crippen molar-refractivity contribution in [1.82, 2.24) is 0 Å². The topological polar surface area (TPSA) is 60.8 Å². The van der Waals surface area contributed by atoms with E-state index in [2.05, 4.69) is 34.6 Å². The Hall–Kier alpha value is 0.220. The van der Waals surface area contributed by atoms with E-state index in [-0.39, 0.29) is 42.4 Å². The summed E-state index contributed by atoms with van der Waals surface area (Å²) in [6.07, 6.45) is -0.372. The van der Waals surface area contributed by atoms with Crippen molar-refractivity contribution in [2.75, 3.05) is 0 Å². The highest BCUT2D eigenvalue weighted by molar-refractivity contribution is 6.76. The minimum absolute atomic E-state index is 0.0480. The lowest BCUT2D eigenvalue weighted by atomic mass is 9.79. The third-order valence-electron chi connectivity index (χ3n) is 6.81. The molecule has 10 atom stereocenters. The second-order valence-electron chi connectivity index (χ2n) is 8.50. The first-order valence-corrected chi connectivity index (χ1v) is 11.3. The van der Waals surface area contributed by atoms with Gasteiger partial charge in [-0.1, -0.05) is 76.3 Å². The van der Waals surface area contributed by atoms with E-state index in [0.717, 1.165) is 6.42 Å². The molecule has 0 aliphatic carbocycles. The standard InChI is InChI=1S/C20H34Cl3NO4/c1-8-15-16(27-17-12(5)9(2)10(3)14(7)25-17)11(4)13(6)18(26-15)28-19(24)20(21,22)23/h9-18,24H,8H2,1-7H3/t9-,10-,11-,12?,13?,14?,15?,16+,17+,18?/m1/s1. The molecule has 0 spiro atoms. The Morgan fingerprint density at radius 2 is 1.43 bits per heavy atom. The molecule has 0 saturated carbocycles. The summed E-state index contributed by atoms with van der Waals surface area (Å²) in [4.78, 5) is 0. The highest BCUT2D eigenvalue weighted by Gasteiger charge is 2.47. The van der Waals surface area contributed by atoms with Gasteiger partial charge in [0.25, 0.3) is 3.79 Å². The van der Waals surface area contributed by atoms with Gasteiger partial charge in [0.15, 0.2) is 6.29 Å². The van der Waals surface area contributed by atoms with Gasteiger partial charge in [-0.05, 0) is 31.1 Å². The Morgan fingerprint density at radius 3 is 1.96 bits per heavy atom. The third-order valence-corrected chi connectivity index (χ3v) is 7.33. The molecular weight excluding hydrogens is 425 g/mol. The lowest BCUT2D eigenvalue weighted by Crippen LogP contribution is -2.55. The average molecular weight is 459 g/mol. The second-order valence-corrected chi connectivity index (χ2v) is 10.8. The molecule has 28 heavy (non-hydrogen) atoms. The number of rotatable bonds is 4. The van der Waals surface area contributed by atoms with E-state index in [9.17, 15) is 0 Å². The Bertz CT molecular complexity index is 542. The Morgan fingerprint density at radius 1 is 0.857 bits per heavy atom. The largest absolute Gasteiger partial charge is 0.448 e. The molecule has 8 heteroatoms. The van der Waals surface area contributed by atoms with Crippen molar-refractivity contribution in [3.8, 4) is 0 Å². The lowest BCUT2D eigenvalue weighted by molar-refractivity contribution is -0.313. The molecular formula is C20H34Cl3NO4. The number of alkyl halides is 3. The van der Waals surface area contributed by atoms with Gasteiger partial charge in [-0.3, -0.25) is 5.41 Å². The Labute approximate surface area is 184 Å². The van der Waals surface area contributed by atoms with E-state index in [1.54, 1.807) is 0 Å². The molecule has 0 amide bonds. The molecule has 5 unspecified atom stereocenters. The quantitative estimate of drug-likeness (QED) is 0.329. The number of nitrogens with one attached hydrogen (secondary N) is 1. The minimum Gasteiger partial charge on any atom is -0.448 e. The van der Waals surface area contributed by atoms with Crippen LogP contribution in [0.3, 0.4) is 0 Å². The van der Waals surface area contributed by atoms with Crippen LogP contribution in [0, 0.1) is 35.0 Å². The van der Waals surface area contributed by atoms with Crippen LogP contribution in [0.2, 0.25) is 0 Å². The minimum atomic E-state index is -1.91. The Balaban J connectivity index is 2.11. The first kappa shape index (κ1) is 24.5. The van der Waals surface area contributed by atoms with Gasteiger partial charge in [0.2, 0.25) is 12.2 Å². The lowest BCUT2D eigenvalue weighted by Gasteiger charge is -2.48. The number of hydrogen-bond donors (Lipinski definition) is 1. The fraction of sp³-hybridized carbons (Fsp3) is 0.950. The third kappa shape index (κ3) is 5.28. The summed E-state index contributed by atoms with van der Waals surface area (Å²) >= 11 is 17.3. The Kier molecular flexibility index (Phi) is 8.37. The van der Waals surface area contributed by atoms with Gasteiger partial charge < -0.3 is 18.9 Å². The van der Waals surface area contributed by atoms with Crippen molar-refractivity contribution in [3.63, 3.8) is 0 Å². The maximum Gasteiger partial charge on any atom is 0.265 e. The average Bonchev–Trinajstić information content (AvgIpc) is 2.62. The molecule has 2 heterocycles. The summed E-state index contributed by atoms with van der Waals surface area (Å²) in [5, 5.41) is 7.85. The molecule has 0 bridgehead atoms. The summed E-state index contributed by atoms with van der Waals surface area (Å²) in [6.45, 7) is 14.9. The predicted molar refractivity (Wildman–Crippen MR) is 113 cm³/mol. The van der Waals surface area contributed by atoms with Crippen LogP contribution >= 0.6 is 34.8 Å². The van der Waals surface area contributed by atoms with Gasteiger partial charge in [-0.25, -0.2) is 0 Å². The van der Waals surface area contributed by atoms with Crippen LogP contribution in [-0.2, 0) is 18.9 Å². The first-order chi connectivity index (χ1) is 12.9. The molecule has 2 aliphatic rings. The molecule has 0 aromatic carbocycles. The van der Waals surface area contributed by atoms with Crippen LogP contribution in [0.1, 0.15) is 54.9 Å². The highest BCUT2D eigenvalue weighted by atomic mass is 35.6. The summed E-state index contributed by atoms with van der Waals surface area (Å²) in [5.41, 5.74) is 0. The van der Waals surface area contributed by atoms with Gasteiger partial charge in [0, 0.05) is 11.8 Å². The molecule has 1 N–H and O–H groups in total. The molecule has 2 fully saturated rings. The molecule has 164 valence electrons. The van der Waals surface area contributed by atoms with Crippen molar-refractivity contribution in [2.45, 2.75) is 89.6 Å². The molecule has 2 aliphatic heterocycles. The molecule has 0 aromatic rings. The van der Waals surface area contributed by atoms with Crippen molar-refractivity contribution < 1.29 is 18.9 Å². The van der Waals surface area contributed by atoms with Gasteiger partial charge >= 0.3 is 0 Å². The fourth-order valence-electron chi connectivity index (χ4n) is 4.04.